The zero-order chi connectivity index (χ0) is 16.7. The van der Waals surface area contributed by atoms with Crippen LogP contribution < -0.4 is 10.1 Å². The fraction of sp³-hybridized carbons (Fsp3) is 0.278. The molecule has 0 aliphatic heterocycles. The highest BCUT2D eigenvalue weighted by Gasteiger charge is 2.08. The molecule has 0 aliphatic carbocycles. The molecule has 23 heavy (non-hydrogen) atoms. The minimum Gasteiger partial charge on any atom is -0.481 e. The average molecular weight is 316 g/mol. The normalized spacial score (nSPS) is 10.6. The highest BCUT2D eigenvalue weighted by Crippen LogP contribution is 2.15. The molecule has 0 saturated carbocycles. The van der Waals surface area contributed by atoms with Crippen LogP contribution >= 0.6 is 0 Å². The summed E-state index contributed by atoms with van der Waals surface area (Å²) in [6.07, 6.45) is 0. The molecule has 0 spiro atoms. The fourth-order valence-corrected chi connectivity index (χ4v) is 2.17. The predicted molar refractivity (Wildman–Crippen MR) is 87.6 cm³/mol. The summed E-state index contributed by atoms with van der Waals surface area (Å²) in [5.41, 5.74) is 2.22. The first-order valence-electron chi connectivity index (χ1n) is 7.42. The van der Waals surface area contributed by atoms with Crippen molar-refractivity contribution in [2.24, 2.45) is 0 Å². The van der Waals surface area contributed by atoms with Crippen LogP contribution in [0.5, 0.6) is 5.75 Å². The predicted octanol–water partition coefficient (Wildman–Crippen LogP) is 2.58. The molecule has 1 N–H and O–H groups in total. The lowest BCUT2D eigenvalue weighted by Gasteiger charge is -2.14. The summed E-state index contributed by atoms with van der Waals surface area (Å²) in [6.45, 7) is 1.01. The summed E-state index contributed by atoms with van der Waals surface area (Å²) in [5, 5.41) is 2.80. The fourth-order valence-electron chi connectivity index (χ4n) is 2.17. The Balaban J connectivity index is 1.86. The van der Waals surface area contributed by atoms with Gasteiger partial charge in [-0.15, -0.1) is 0 Å². The summed E-state index contributed by atoms with van der Waals surface area (Å²) >= 11 is 0. The lowest BCUT2D eigenvalue weighted by atomic mass is 10.1. The molecule has 0 bridgehead atoms. The summed E-state index contributed by atoms with van der Waals surface area (Å²) in [6, 6.07) is 14.0. The number of nitrogens with zero attached hydrogens (tertiary/aromatic N) is 1. The molecular formula is C18H21FN2O2. The molecule has 4 nitrogen and oxygen atoms in total. The van der Waals surface area contributed by atoms with E-state index < -0.39 is 5.82 Å². The van der Waals surface area contributed by atoms with Crippen molar-refractivity contribution in [2.45, 2.75) is 13.1 Å². The van der Waals surface area contributed by atoms with E-state index in [1.165, 1.54) is 12.1 Å². The molecule has 0 atom stereocenters. The monoisotopic (exact) mass is 316 g/mol. The Bertz CT molecular complexity index is 659. The van der Waals surface area contributed by atoms with E-state index in [0.29, 0.717) is 6.54 Å². The maximum Gasteiger partial charge on any atom is 0.258 e. The van der Waals surface area contributed by atoms with E-state index in [2.05, 4.69) is 10.2 Å². The standard InChI is InChI=1S/C18H21FN2O2/c1-21(2)12-15-8-4-3-7-14(15)11-20-18(22)13-23-17-10-6-5-9-16(17)19/h3-10H,11-13H2,1-2H3,(H,20,22). The van der Waals surface area contributed by atoms with Gasteiger partial charge >= 0.3 is 0 Å². The molecule has 0 aromatic heterocycles. The van der Waals surface area contributed by atoms with E-state index in [1.54, 1.807) is 12.1 Å². The molecule has 0 radical (unpaired) electrons. The molecule has 0 aliphatic rings. The number of halogens is 1. The maximum atomic E-state index is 13.4. The second-order valence-electron chi connectivity index (χ2n) is 5.50. The van der Waals surface area contributed by atoms with Gasteiger partial charge in [0.2, 0.25) is 0 Å². The molecule has 122 valence electrons. The van der Waals surface area contributed by atoms with Crippen molar-refractivity contribution in [1.82, 2.24) is 10.2 Å². The topological polar surface area (TPSA) is 41.6 Å². The second kappa shape index (κ2) is 8.29. The van der Waals surface area contributed by atoms with Gasteiger partial charge in [-0.2, -0.15) is 0 Å². The molecule has 2 aromatic rings. The van der Waals surface area contributed by atoms with Crippen LogP contribution in [0.15, 0.2) is 48.5 Å². The number of carbonyl (C=O) groups excluding carboxylic acids is 1. The van der Waals surface area contributed by atoms with Crippen LogP contribution in [-0.4, -0.2) is 31.5 Å². The first-order chi connectivity index (χ1) is 11.1. The Labute approximate surface area is 135 Å². The Morgan fingerprint density at radius 3 is 2.43 bits per heavy atom. The second-order valence-corrected chi connectivity index (χ2v) is 5.50. The average Bonchev–Trinajstić information content (AvgIpc) is 2.53. The minimum atomic E-state index is -0.475. The molecule has 2 rings (SSSR count). The highest BCUT2D eigenvalue weighted by molar-refractivity contribution is 5.77. The van der Waals surface area contributed by atoms with E-state index >= 15 is 0 Å². The molecule has 2 aromatic carbocycles. The van der Waals surface area contributed by atoms with Crippen molar-refractivity contribution in [3.8, 4) is 5.75 Å². The largest absolute Gasteiger partial charge is 0.481 e. The number of carbonyl (C=O) groups is 1. The molecule has 0 unspecified atom stereocenters. The number of para-hydroxylation sites is 1. The van der Waals surface area contributed by atoms with Crippen molar-refractivity contribution >= 4 is 5.91 Å². The number of benzene rings is 2. The number of hydrogen-bond donors (Lipinski definition) is 1. The van der Waals surface area contributed by atoms with E-state index in [1.807, 2.05) is 38.4 Å². The van der Waals surface area contributed by atoms with Gasteiger partial charge in [0.15, 0.2) is 18.2 Å². The number of hydrogen-bond acceptors (Lipinski definition) is 3. The molecule has 5 heteroatoms. The molecule has 0 heterocycles. The Morgan fingerprint density at radius 1 is 1.09 bits per heavy atom. The van der Waals surface area contributed by atoms with Gasteiger partial charge in [0.1, 0.15) is 0 Å². The van der Waals surface area contributed by atoms with E-state index in [4.69, 9.17) is 4.74 Å². The minimum absolute atomic E-state index is 0.0793. The Morgan fingerprint density at radius 2 is 1.74 bits per heavy atom. The van der Waals surface area contributed by atoms with Gasteiger partial charge in [0.25, 0.3) is 5.91 Å². The molecular weight excluding hydrogens is 295 g/mol. The van der Waals surface area contributed by atoms with Crippen LogP contribution in [0.3, 0.4) is 0 Å². The quantitative estimate of drug-likeness (QED) is 0.854. The van der Waals surface area contributed by atoms with Crippen molar-refractivity contribution in [1.29, 1.82) is 0 Å². The van der Waals surface area contributed by atoms with E-state index in [-0.39, 0.29) is 18.3 Å². The van der Waals surface area contributed by atoms with Gasteiger partial charge in [0.05, 0.1) is 0 Å². The number of ether oxygens (including phenoxy) is 1. The third-order valence-corrected chi connectivity index (χ3v) is 3.28. The van der Waals surface area contributed by atoms with Gasteiger partial charge in [-0.1, -0.05) is 36.4 Å². The SMILES string of the molecule is CN(C)Cc1ccccc1CNC(=O)COc1ccccc1F. The summed E-state index contributed by atoms with van der Waals surface area (Å²) < 4.78 is 18.6. The number of amides is 1. The molecule has 0 fully saturated rings. The van der Waals surface area contributed by atoms with Crippen molar-refractivity contribution in [2.75, 3.05) is 20.7 Å². The van der Waals surface area contributed by atoms with Crippen LogP contribution in [0.2, 0.25) is 0 Å². The van der Waals surface area contributed by atoms with Crippen LogP contribution in [0.25, 0.3) is 0 Å². The first-order valence-corrected chi connectivity index (χ1v) is 7.42. The van der Waals surface area contributed by atoms with E-state index in [0.717, 1.165) is 17.7 Å². The Hall–Kier alpha value is -2.40. The van der Waals surface area contributed by atoms with Crippen LogP contribution in [0, 0.1) is 5.82 Å². The lowest BCUT2D eigenvalue weighted by molar-refractivity contribution is -0.123. The summed E-state index contributed by atoms with van der Waals surface area (Å²) in [7, 11) is 4.00. The van der Waals surface area contributed by atoms with Crippen LogP contribution in [-0.2, 0) is 17.9 Å². The van der Waals surface area contributed by atoms with Gasteiger partial charge in [-0.3, -0.25) is 4.79 Å². The van der Waals surface area contributed by atoms with Crippen molar-refractivity contribution in [3.05, 3.63) is 65.5 Å². The summed E-state index contributed by atoms with van der Waals surface area (Å²) in [4.78, 5) is 13.9. The van der Waals surface area contributed by atoms with Gasteiger partial charge in [-0.25, -0.2) is 4.39 Å². The van der Waals surface area contributed by atoms with Gasteiger partial charge in [-0.05, 0) is 37.4 Å². The number of rotatable bonds is 7. The first kappa shape index (κ1) is 17.0. The third kappa shape index (κ3) is 5.38. The van der Waals surface area contributed by atoms with Gasteiger partial charge < -0.3 is 15.0 Å². The molecule has 0 saturated heterocycles. The summed E-state index contributed by atoms with van der Waals surface area (Å²) in [5.74, 6) is -0.680. The van der Waals surface area contributed by atoms with Gasteiger partial charge in [0, 0.05) is 13.1 Å². The zero-order valence-electron chi connectivity index (χ0n) is 13.4. The number of nitrogens with one attached hydrogen (secondary N) is 1. The lowest BCUT2D eigenvalue weighted by Crippen LogP contribution is -2.29. The highest BCUT2D eigenvalue weighted by atomic mass is 19.1. The van der Waals surface area contributed by atoms with E-state index in [9.17, 15) is 9.18 Å². The molecule has 1 amide bonds. The Kier molecular flexibility index (Phi) is 6.11. The zero-order valence-corrected chi connectivity index (χ0v) is 13.4. The van der Waals surface area contributed by atoms with Crippen molar-refractivity contribution < 1.29 is 13.9 Å². The smallest absolute Gasteiger partial charge is 0.258 e. The van der Waals surface area contributed by atoms with Crippen LogP contribution in [0.1, 0.15) is 11.1 Å². The van der Waals surface area contributed by atoms with Crippen molar-refractivity contribution in [3.63, 3.8) is 0 Å². The maximum absolute atomic E-state index is 13.4. The third-order valence-electron chi connectivity index (χ3n) is 3.28. The van der Waals surface area contributed by atoms with Crippen LogP contribution in [0.4, 0.5) is 4.39 Å².